The fraction of sp³-hybridized carbons (Fsp3) is 0.286. The number of nitrogens with one attached hydrogen (secondary N) is 2. The highest BCUT2D eigenvalue weighted by molar-refractivity contribution is 5.95. The number of carbonyl (C=O) groups is 2. The highest BCUT2D eigenvalue weighted by Crippen LogP contribution is 2.23. The molecule has 4 aromatic rings. The lowest BCUT2D eigenvalue weighted by atomic mass is 10.1. The summed E-state index contributed by atoms with van der Waals surface area (Å²) in [4.78, 5) is 34.1. The largest absolute Gasteiger partial charge is 0.470 e. The van der Waals surface area contributed by atoms with E-state index in [-0.39, 0.29) is 35.9 Å². The number of amides is 2. The average molecular weight is 556 g/mol. The summed E-state index contributed by atoms with van der Waals surface area (Å²) in [6.45, 7) is 3.00. The van der Waals surface area contributed by atoms with Gasteiger partial charge in [0.1, 0.15) is 37.2 Å². The molecule has 2 amide bonds. The standard InChI is InChI=1S/C28H28F3N5O4/c1-17-12-36-23(18(2)34-24(36)26(33-17)39-14-20-21(30)10-7-11-22(20)31)25(37)32-16-28(3,15-29)35-27(38)40-13-19-8-5-4-6-9-19/h4-12H,13-16H2,1-3H3,(H,32,37)(H,35,38). The van der Waals surface area contributed by atoms with Crippen molar-refractivity contribution in [2.45, 2.75) is 39.5 Å². The minimum atomic E-state index is -1.45. The van der Waals surface area contributed by atoms with Gasteiger partial charge in [-0.1, -0.05) is 36.4 Å². The number of aromatic nitrogens is 3. The first-order valence-corrected chi connectivity index (χ1v) is 12.4. The lowest BCUT2D eigenvalue weighted by Crippen LogP contribution is -2.55. The second-order valence-corrected chi connectivity index (χ2v) is 9.48. The van der Waals surface area contributed by atoms with Crippen molar-refractivity contribution < 1.29 is 32.2 Å². The molecule has 1 atom stereocenters. The topological polar surface area (TPSA) is 107 Å². The van der Waals surface area contributed by atoms with Gasteiger partial charge in [-0.15, -0.1) is 0 Å². The Balaban J connectivity index is 1.46. The quantitative estimate of drug-likeness (QED) is 0.297. The van der Waals surface area contributed by atoms with Gasteiger partial charge in [0.15, 0.2) is 0 Å². The number of benzene rings is 2. The van der Waals surface area contributed by atoms with Crippen LogP contribution >= 0.6 is 0 Å². The number of halogens is 3. The molecule has 0 bridgehead atoms. The highest BCUT2D eigenvalue weighted by Gasteiger charge is 2.29. The number of fused-ring (bicyclic) bond motifs is 1. The molecule has 0 aliphatic heterocycles. The van der Waals surface area contributed by atoms with E-state index in [9.17, 15) is 22.8 Å². The number of aryl methyl sites for hydroxylation is 2. The summed E-state index contributed by atoms with van der Waals surface area (Å²) in [6, 6.07) is 12.5. The highest BCUT2D eigenvalue weighted by atomic mass is 19.1. The van der Waals surface area contributed by atoms with E-state index in [1.165, 1.54) is 17.4 Å². The average Bonchev–Trinajstić information content (AvgIpc) is 3.26. The van der Waals surface area contributed by atoms with E-state index in [2.05, 4.69) is 20.6 Å². The SMILES string of the molecule is Cc1cn2c(C(=O)NCC(C)(CF)NC(=O)OCc3ccccc3)c(C)nc2c(OCc2c(F)cccc2F)n1. The van der Waals surface area contributed by atoms with Crippen LogP contribution < -0.4 is 15.4 Å². The Morgan fingerprint density at radius 3 is 2.38 bits per heavy atom. The summed E-state index contributed by atoms with van der Waals surface area (Å²) in [6.07, 6.45) is 0.716. The van der Waals surface area contributed by atoms with Crippen LogP contribution in [0.25, 0.3) is 5.65 Å². The van der Waals surface area contributed by atoms with Gasteiger partial charge in [0.2, 0.25) is 5.65 Å². The third-order valence-corrected chi connectivity index (χ3v) is 6.05. The van der Waals surface area contributed by atoms with E-state index in [4.69, 9.17) is 9.47 Å². The molecule has 2 aromatic carbocycles. The van der Waals surface area contributed by atoms with Gasteiger partial charge in [-0.05, 0) is 38.5 Å². The van der Waals surface area contributed by atoms with E-state index in [1.807, 2.05) is 6.07 Å². The Labute approximate surface area is 228 Å². The lowest BCUT2D eigenvalue weighted by Gasteiger charge is -2.27. The number of hydrogen-bond donors (Lipinski definition) is 2. The molecule has 4 rings (SSSR count). The molecule has 2 heterocycles. The molecule has 2 N–H and O–H groups in total. The van der Waals surface area contributed by atoms with Crippen molar-refractivity contribution in [2.24, 2.45) is 0 Å². The van der Waals surface area contributed by atoms with Gasteiger partial charge >= 0.3 is 6.09 Å². The maximum atomic E-state index is 14.1. The third kappa shape index (κ3) is 6.50. The van der Waals surface area contributed by atoms with E-state index in [0.29, 0.717) is 11.4 Å². The van der Waals surface area contributed by atoms with E-state index >= 15 is 0 Å². The van der Waals surface area contributed by atoms with Crippen molar-refractivity contribution in [3.8, 4) is 5.88 Å². The molecule has 0 aliphatic carbocycles. The van der Waals surface area contributed by atoms with Crippen molar-refractivity contribution in [1.29, 1.82) is 0 Å². The normalized spacial score (nSPS) is 12.6. The molecule has 0 fully saturated rings. The van der Waals surface area contributed by atoms with E-state index in [0.717, 1.165) is 17.7 Å². The molecule has 1 unspecified atom stereocenters. The minimum absolute atomic E-state index is 0.00372. The Hall–Kier alpha value is -4.61. The zero-order valence-electron chi connectivity index (χ0n) is 22.1. The number of alkyl carbamates (subject to hydrolysis) is 1. The van der Waals surface area contributed by atoms with Gasteiger partial charge in [-0.25, -0.2) is 27.9 Å². The number of rotatable bonds is 10. The Morgan fingerprint density at radius 1 is 1.00 bits per heavy atom. The van der Waals surface area contributed by atoms with Crippen molar-refractivity contribution in [1.82, 2.24) is 25.0 Å². The van der Waals surface area contributed by atoms with Crippen LogP contribution in [0, 0.1) is 25.5 Å². The first-order valence-electron chi connectivity index (χ1n) is 12.4. The molecular formula is C28H28F3N5O4. The molecule has 0 spiro atoms. The molecule has 0 aliphatic rings. The van der Waals surface area contributed by atoms with Gasteiger partial charge in [-0.2, -0.15) is 0 Å². The summed E-state index contributed by atoms with van der Waals surface area (Å²) in [5.41, 5.74) is 0.0705. The van der Waals surface area contributed by atoms with Gasteiger partial charge < -0.3 is 20.1 Å². The molecule has 0 saturated heterocycles. The van der Waals surface area contributed by atoms with Crippen LogP contribution in [-0.4, -0.2) is 45.1 Å². The van der Waals surface area contributed by atoms with Crippen molar-refractivity contribution in [3.63, 3.8) is 0 Å². The van der Waals surface area contributed by atoms with E-state index < -0.39 is 42.5 Å². The number of ether oxygens (including phenoxy) is 2. The summed E-state index contributed by atoms with van der Waals surface area (Å²) in [7, 11) is 0. The number of imidazole rings is 1. The summed E-state index contributed by atoms with van der Waals surface area (Å²) in [5, 5.41) is 5.09. The third-order valence-electron chi connectivity index (χ3n) is 6.05. The zero-order valence-corrected chi connectivity index (χ0v) is 22.1. The van der Waals surface area contributed by atoms with Crippen molar-refractivity contribution in [3.05, 3.63) is 94.6 Å². The molecule has 210 valence electrons. The molecule has 2 aromatic heterocycles. The Morgan fingerprint density at radius 2 is 1.70 bits per heavy atom. The molecule has 0 radical (unpaired) electrons. The molecule has 40 heavy (non-hydrogen) atoms. The molecule has 0 saturated carbocycles. The smallest absolute Gasteiger partial charge is 0.408 e. The first-order chi connectivity index (χ1) is 19.1. The summed E-state index contributed by atoms with van der Waals surface area (Å²) >= 11 is 0. The molecule has 9 nitrogen and oxygen atoms in total. The van der Waals surface area contributed by atoms with Crippen LogP contribution in [-0.2, 0) is 18.0 Å². The summed E-state index contributed by atoms with van der Waals surface area (Å²) < 4.78 is 54.3. The van der Waals surface area contributed by atoms with Gasteiger partial charge in [0.25, 0.3) is 11.8 Å². The van der Waals surface area contributed by atoms with Gasteiger partial charge in [-0.3, -0.25) is 9.20 Å². The van der Waals surface area contributed by atoms with Gasteiger partial charge in [0.05, 0.1) is 22.5 Å². The fourth-order valence-corrected chi connectivity index (χ4v) is 3.92. The predicted molar refractivity (Wildman–Crippen MR) is 140 cm³/mol. The molecule has 12 heteroatoms. The van der Waals surface area contributed by atoms with Crippen molar-refractivity contribution in [2.75, 3.05) is 13.2 Å². The van der Waals surface area contributed by atoms with Crippen LogP contribution in [0.5, 0.6) is 5.88 Å². The monoisotopic (exact) mass is 555 g/mol. The van der Waals surface area contributed by atoms with Crippen LogP contribution in [0.15, 0.2) is 54.7 Å². The maximum Gasteiger partial charge on any atom is 0.408 e. The maximum absolute atomic E-state index is 14.1. The number of alkyl halides is 1. The molecular weight excluding hydrogens is 527 g/mol. The fourth-order valence-electron chi connectivity index (χ4n) is 3.92. The van der Waals surface area contributed by atoms with Crippen LogP contribution in [0.3, 0.4) is 0 Å². The predicted octanol–water partition coefficient (Wildman–Crippen LogP) is 4.59. The van der Waals surface area contributed by atoms with Crippen LogP contribution in [0.1, 0.15) is 39.9 Å². The lowest BCUT2D eigenvalue weighted by molar-refractivity contribution is 0.0916. The zero-order chi connectivity index (χ0) is 28.9. The second kappa shape index (κ2) is 12.1. The second-order valence-electron chi connectivity index (χ2n) is 9.48. The Bertz CT molecular complexity index is 1510. The minimum Gasteiger partial charge on any atom is -0.470 e. The number of nitrogens with zero attached hydrogens (tertiary/aromatic N) is 3. The first kappa shape index (κ1) is 28.4. The van der Waals surface area contributed by atoms with Crippen molar-refractivity contribution >= 4 is 17.6 Å². The number of hydrogen-bond acceptors (Lipinski definition) is 6. The summed E-state index contributed by atoms with van der Waals surface area (Å²) in [5.74, 6) is -2.16. The number of carbonyl (C=O) groups excluding carboxylic acids is 2. The van der Waals surface area contributed by atoms with E-state index in [1.54, 1.807) is 44.3 Å². The van der Waals surface area contributed by atoms with Gasteiger partial charge in [0, 0.05) is 12.7 Å². The van der Waals surface area contributed by atoms with Crippen LogP contribution in [0.4, 0.5) is 18.0 Å². The van der Waals surface area contributed by atoms with Crippen LogP contribution in [0.2, 0.25) is 0 Å². The Kier molecular flexibility index (Phi) is 8.56.